The third-order valence-electron chi connectivity index (χ3n) is 8.08. The highest BCUT2D eigenvalue weighted by Crippen LogP contribution is 2.43. The van der Waals surface area contributed by atoms with Crippen molar-refractivity contribution >= 4 is 0 Å². The minimum Gasteiger partial charge on any atom is -0.453 e. The van der Waals surface area contributed by atoms with Crippen LogP contribution in [0.3, 0.4) is 0 Å². The SMILES string of the molecule is CCCCCC1CCC(C(F)(F)Oc2ccc(C(F)(F)Oc3cc(F)c(C(F)(F)Oc4cc(F)c(OC=C(F)F)c(F)c4)c(F)c3)c(F)c2)CC1. The van der Waals surface area contributed by atoms with Crippen molar-refractivity contribution in [2.45, 2.75) is 76.6 Å². The zero-order valence-corrected chi connectivity index (χ0v) is 26.5. The van der Waals surface area contributed by atoms with E-state index in [2.05, 4.69) is 18.9 Å². The summed E-state index contributed by atoms with van der Waals surface area (Å²) >= 11 is 0. The number of ether oxygens (including phenoxy) is 4. The lowest BCUT2D eigenvalue weighted by atomic mass is 9.79. The largest absolute Gasteiger partial charge is 0.453 e. The smallest absolute Gasteiger partial charge is 0.432 e. The summed E-state index contributed by atoms with van der Waals surface area (Å²) in [4.78, 5) is 0. The van der Waals surface area contributed by atoms with Crippen LogP contribution < -0.4 is 18.9 Å². The van der Waals surface area contributed by atoms with Crippen LogP contribution in [0.2, 0.25) is 0 Å². The lowest BCUT2D eigenvalue weighted by Gasteiger charge is -2.33. The predicted molar refractivity (Wildman–Crippen MR) is 154 cm³/mol. The van der Waals surface area contributed by atoms with Crippen molar-refractivity contribution in [3.63, 3.8) is 0 Å². The average Bonchev–Trinajstić information content (AvgIpc) is 2.99. The number of benzene rings is 3. The molecule has 17 heteroatoms. The molecule has 0 unspecified atom stereocenters. The zero-order valence-electron chi connectivity index (χ0n) is 26.5. The Labute approximate surface area is 282 Å². The molecule has 4 rings (SSSR count). The molecule has 3 aromatic rings. The molecular formula is C34H29F13O4. The van der Waals surface area contributed by atoms with E-state index in [0.29, 0.717) is 30.9 Å². The average molecular weight is 749 g/mol. The molecule has 0 N–H and O–H groups in total. The first-order valence-electron chi connectivity index (χ1n) is 15.5. The molecule has 51 heavy (non-hydrogen) atoms. The van der Waals surface area contributed by atoms with Gasteiger partial charge in [-0.15, -0.1) is 0 Å². The summed E-state index contributed by atoms with van der Waals surface area (Å²) in [5.74, 6) is -16.0. The normalized spacial score (nSPS) is 16.8. The minimum absolute atomic E-state index is 0.0105. The maximum Gasteiger partial charge on any atom is 0.432 e. The molecule has 1 aliphatic rings. The van der Waals surface area contributed by atoms with E-state index in [1.54, 1.807) is 0 Å². The maximum atomic E-state index is 14.9. The van der Waals surface area contributed by atoms with Crippen molar-refractivity contribution in [3.05, 3.63) is 95.0 Å². The molecule has 0 aliphatic heterocycles. The molecule has 0 atom stereocenters. The van der Waals surface area contributed by atoms with Gasteiger partial charge in [0.25, 0.3) is 0 Å². The molecule has 1 fully saturated rings. The maximum absolute atomic E-state index is 14.9. The van der Waals surface area contributed by atoms with Gasteiger partial charge in [0, 0.05) is 30.3 Å². The van der Waals surface area contributed by atoms with Crippen LogP contribution in [-0.4, -0.2) is 6.11 Å². The molecule has 4 nitrogen and oxygen atoms in total. The lowest BCUT2D eigenvalue weighted by Crippen LogP contribution is -2.37. The summed E-state index contributed by atoms with van der Waals surface area (Å²) in [5.41, 5.74) is -3.83. The highest BCUT2D eigenvalue weighted by atomic mass is 19.3. The van der Waals surface area contributed by atoms with E-state index in [1.165, 1.54) is 0 Å². The summed E-state index contributed by atoms with van der Waals surface area (Å²) in [6, 6.07) is 0.866. The molecule has 1 saturated carbocycles. The van der Waals surface area contributed by atoms with Crippen molar-refractivity contribution < 1.29 is 76.0 Å². The van der Waals surface area contributed by atoms with E-state index in [9.17, 15) is 57.1 Å². The second-order valence-corrected chi connectivity index (χ2v) is 11.8. The van der Waals surface area contributed by atoms with Crippen LogP contribution in [0.5, 0.6) is 23.0 Å². The van der Waals surface area contributed by atoms with E-state index < -0.39 is 93.5 Å². The number of alkyl halides is 6. The second-order valence-electron chi connectivity index (χ2n) is 11.8. The van der Waals surface area contributed by atoms with Crippen molar-refractivity contribution in [1.29, 1.82) is 0 Å². The van der Waals surface area contributed by atoms with Crippen molar-refractivity contribution in [2.24, 2.45) is 11.8 Å². The van der Waals surface area contributed by atoms with Crippen LogP contribution in [0.4, 0.5) is 57.1 Å². The van der Waals surface area contributed by atoms with Crippen LogP contribution >= 0.6 is 0 Å². The summed E-state index contributed by atoms with van der Waals surface area (Å²) in [7, 11) is 0. The first-order chi connectivity index (χ1) is 23.8. The van der Waals surface area contributed by atoms with Gasteiger partial charge in [0.15, 0.2) is 23.6 Å². The first kappa shape index (κ1) is 39.5. The zero-order chi connectivity index (χ0) is 37.7. The third kappa shape index (κ3) is 9.94. The van der Waals surface area contributed by atoms with Crippen molar-refractivity contribution in [1.82, 2.24) is 0 Å². The Morgan fingerprint density at radius 2 is 1.20 bits per heavy atom. The number of hydrogen-bond acceptors (Lipinski definition) is 4. The molecule has 3 aromatic carbocycles. The van der Waals surface area contributed by atoms with Crippen LogP contribution in [0.15, 0.2) is 54.8 Å². The number of hydrogen-bond donors (Lipinski definition) is 0. The summed E-state index contributed by atoms with van der Waals surface area (Å²) in [6.45, 7) is 2.05. The minimum atomic E-state index is -5.07. The standard InChI is InChI=1S/C34H29F13O4/c1-2-3-4-5-18-6-8-19(9-7-18)32(42,43)49-20-10-11-23(24(35)12-20)33(44,45)50-21-13-25(36)30(26(37)14-21)34(46,47)51-22-15-27(38)31(28(39)16-22)48-17-29(40)41/h10-19H,2-9H2,1H3. The summed E-state index contributed by atoms with van der Waals surface area (Å²) in [5, 5.41) is 0. The molecule has 0 aromatic heterocycles. The van der Waals surface area contributed by atoms with E-state index >= 15 is 0 Å². The summed E-state index contributed by atoms with van der Waals surface area (Å²) < 4.78 is 202. The Kier molecular flexibility index (Phi) is 12.3. The van der Waals surface area contributed by atoms with Gasteiger partial charge >= 0.3 is 24.4 Å². The van der Waals surface area contributed by atoms with Gasteiger partial charge in [0.1, 0.15) is 45.8 Å². The Morgan fingerprint density at radius 3 is 1.73 bits per heavy atom. The first-order valence-corrected chi connectivity index (χ1v) is 15.5. The number of halogens is 13. The fourth-order valence-electron chi connectivity index (χ4n) is 5.61. The topological polar surface area (TPSA) is 36.9 Å². The Morgan fingerprint density at radius 1 is 0.667 bits per heavy atom. The fraction of sp³-hybridized carbons (Fsp3) is 0.412. The molecular weight excluding hydrogens is 719 g/mol. The third-order valence-corrected chi connectivity index (χ3v) is 8.08. The van der Waals surface area contributed by atoms with Gasteiger partial charge in [0.2, 0.25) is 0 Å². The van der Waals surface area contributed by atoms with Crippen LogP contribution in [0.1, 0.15) is 69.4 Å². The lowest BCUT2D eigenvalue weighted by molar-refractivity contribution is -0.223. The Bertz CT molecular complexity index is 1660. The van der Waals surface area contributed by atoms with Crippen LogP contribution in [0.25, 0.3) is 0 Å². The quantitative estimate of drug-likeness (QED) is 0.0881. The number of unbranched alkanes of at least 4 members (excludes halogenated alkanes) is 2. The highest BCUT2D eigenvalue weighted by molar-refractivity contribution is 5.38. The molecule has 0 bridgehead atoms. The molecule has 0 heterocycles. The monoisotopic (exact) mass is 748 g/mol. The van der Waals surface area contributed by atoms with Gasteiger partial charge < -0.3 is 18.9 Å². The van der Waals surface area contributed by atoms with Crippen LogP contribution in [0, 0.1) is 40.9 Å². The second kappa shape index (κ2) is 15.9. The van der Waals surface area contributed by atoms with E-state index in [-0.39, 0.29) is 49.4 Å². The van der Waals surface area contributed by atoms with Crippen molar-refractivity contribution in [2.75, 3.05) is 0 Å². The van der Waals surface area contributed by atoms with Crippen LogP contribution in [-0.2, 0) is 12.2 Å². The fourth-order valence-corrected chi connectivity index (χ4v) is 5.61. The van der Waals surface area contributed by atoms with E-state index in [4.69, 9.17) is 0 Å². The molecule has 0 radical (unpaired) electrons. The van der Waals surface area contributed by atoms with Gasteiger partial charge in [-0.2, -0.15) is 35.1 Å². The van der Waals surface area contributed by atoms with E-state index in [1.807, 2.05) is 6.92 Å². The molecule has 1 aliphatic carbocycles. The van der Waals surface area contributed by atoms with Gasteiger partial charge in [-0.3, -0.25) is 0 Å². The van der Waals surface area contributed by atoms with Gasteiger partial charge in [0.05, 0.1) is 5.92 Å². The molecule has 0 amide bonds. The number of rotatable bonds is 15. The predicted octanol–water partition coefficient (Wildman–Crippen LogP) is 12.1. The van der Waals surface area contributed by atoms with E-state index in [0.717, 1.165) is 25.7 Å². The molecule has 0 saturated heterocycles. The van der Waals surface area contributed by atoms with Gasteiger partial charge in [-0.25, -0.2) is 22.0 Å². The highest BCUT2D eigenvalue weighted by Gasteiger charge is 2.46. The van der Waals surface area contributed by atoms with Crippen molar-refractivity contribution in [3.8, 4) is 23.0 Å². The Balaban J connectivity index is 1.45. The molecule has 280 valence electrons. The summed E-state index contributed by atoms with van der Waals surface area (Å²) in [6.07, 6.45) is -11.1. The Hall–Kier alpha value is -4.31. The van der Waals surface area contributed by atoms with Gasteiger partial charge in [-0.05, 0) is 43.7 Å². The molecule has 0 spiro atoms. The van der Waals surface area contributed by atoms with Gasteiger partial charge in [-0.1, -0.05) is 32.6 Å².